The van der Waals surface area contributed by atoms with E-state index in [9.17, 15) is 0 Å². The number of thioether (sulfide) groups is 1. The molecule has 0 saturated heterocycles. The van der Waals surface area contributed by atoms with Crippen LogP contribution in [0.3, 0.4) is 0 Å². The highest BCUT2D eigenvalue weighted by Gasteiger charge is 2.25. The number of aliphatic imine (C=N–C) groups is 1. The Balaban J connectivity index is 1.72. The summed E-state index contributed by atoms with van der Waals surface area (Å²) >= 11 is 1.75. The van der Waals surface area contributed by atoms with Crippen LogP contribution in [-0.2, 0) is 0 Å². The van der Waals surface area contributed by atoms with Crippen molar-refractivity contribution in [3.8, 4) is 11.5 Å². The minimum absolute atomic E-state index is 0.0190. The molecule has 0 amide bonds. The summed E-state index contributed by atoms with van der Waals surface area (Å²) in [7, 11) is 0. The number of rotatable bonds is 3. The summed E-state index contributed by atoms with van der Waals surface area (Å²) in [6.07, 6.45) is 0. The van der Waals surface area contributed by atoms with E-state index >= 15 is 0 Å². The standard InChI is InChI=1S/C17H18N2OS/c1-17(2)12-21-16(19-17)18-13-7-6-10-15(11-13)20-14-8-4-3-5-9-14/h3-11H,12H2,1-2H3,(H,18,19). The highest BCUT2D eigenvalue weighted by molar-refractivity contribution is 8.14. The predicted octanol–water partition coefficient (Wildman–Crippen LogP) is 4.77. The van der Waals surface area contributed by atoms with Gasteiger partial charge in [-0.1, -0.05) is 36.0 Å². The van der Waals surface area contributed by atoms with Crippen LogP contribution in [0.2, 0.25) is 0 Å². The molecule has 0 fully saturated rings. The lowest BCUT2D eigenvalue weighted by molar-refractivity contribution is 0.483. The second-order valence-corrected chi connectivity index (χ2v) is 6.55. The number of hydrogen-bond acceptors (Lipinski definition) is 4. The summed E-state index contributed by atoms with van der Waals surface area (Å²) in [5.74, 6) is 2.66. The number of nitrogens with one attached hydrogen (secondary N) is 1. The van der Waals surface area contributed by atoms with Crippen molar-refractivity contribution < 1.29 is 4.74 Å². The molecule has 2 aromatic rings. The van der Waals surface area contributed by atoms with Crippen LogP contribution in [0, 0.1) is 0 Å². The molecule has 21 heavy (non-hydrogen) atoms. The van der Waals surface area contributed by atoms with Crippen molar-refractivity contribution in [2.45, 2.75) is 19.4 Å². The first kappa shape index (κ1) is 14.0. The van der Waals surface area contributed by atoms with E-state index in [4.69, 9.17) is 4.74 Å². The van der Waals surface area contributed by atoms with Crippen LogP contribution in [0.5, 0.6) is 11.5 Å². The smallest absolute Gasteiger partial charge is 0.161 e. The van der Waals surface area contributed by atoms with Gasteiger partial charge in [0.2, 0.25) is 0 Å². The van der Waals surface area contributed by atoms with Crippen molar-refractivity contribution in [2.75, 3.05) is 11.1 Å². The minimum atomic E-state index is 0.0190. The lowest BCUT2D eigenvalue weighted by atomic mass is 10.1. The number of amidine groups is 1. The van der Waals surface area contributed by atoms with E-state index in [2.05, 4.69) is 24.2 Å². The van der Waals surface area contributed by atoms with Crippen molar-refractivity contribution in [1.82, 2.24) is 0 Å². The fourth-order valence-corrected chi connectivity index (χ4v) is 3.09. The van der Waals surface area contributed by atoms with Crippen molar-refractivity contribution in [2.24, 2.45) is 4.99 Å². The van der Waals surface area contributed by atoms with Gasteiger partial charge in [0.25, 0.3) is 0 Å². The fraction of sp³-hybridized carbons (Fsp3) is 0.235. The molecular formula is C17H18N2OS. The third-order valence-electron chi connectivity index (χ3n) is 3.03. The maximum atomic E-state index is 5.84. The molecule has 1 aliphatic rings. The summed E-state index contributed by atoms with van der Waals surface area (Å²) in [5, 5.41) is 4.32. The zero-order valence-corrected chi connectivity index (χ0v) is 13.0. The Hall–Kier alpha value is -1.94. The first-order valence-electron chi connectivity index (χ1n) is 6.93. The molecule has 3 nitrogen and oxygen atoms in total. The molecular weight excluding hydrogens is 280 g/mol. The second-order valence-electron chi connectivity index (χ2n) is 5.59. The molecule has 2 aromatic carbocycles. The van der Waals surface area contributed by atoms with E-state index in [1.807, 2.05) is 54.6 Å². The molecule has 4 heteroatoms. The minimum Gasteiger partial charge on any atom is -0.457 e. The van der Waals surface area contributed by atoms with Gasteiger partial charge in [-0.25, -0.2) is 0 Å². The lowest BCUT2D eigenvalue weighted by Gasteiger charge is -2.10. The predicted molar refractivity (Wildman–Crippen MR) is 90.6 cm³/mol. The van der Waals surface area contributed by atoms with Crippen LogP contribution in [0.15, 0.2) is 59.6 Å². The van der Waals surface area contributed by atoms with Crippen LogP contribution in [0.25, 0.3) is 0 Å². The van der Waals surface area contributed by atoms with Crippen LogP contribution in [0.1, 0.15) is 13.8 Å². The number of hydrogen-bond donors (Lipinski definition) is 1. The number of nitrogens with zero attached hydrogens (tertiary/aromatic N) is 1. The molecule has 0 radical (unpaired) electrons. The number of para-hydroxylation sites is 1. The average molecular weight is 298 g/mol. The maximum absolute atomic E-state index is 5.84. The van der Waals surface area contributed by atoms with Gasteiger partial charge in [0, 0.05) is 17.5 Å². The number of ether oxygens (including phenoxy) is 1. The van der Waals surface area contributed by atoms with Crippen molar-refractivity contribution in [3.05, 3.63) is 54.6 Å². The van der Waals surface area contributed by atoms with Crippen LogP contribution >= 0.6 is 11.8 Å². The Bertz CT molecular complexity index is 653. The highest BCUT2D eigenvalue weighted by Crippen LogP contribution is 2.29. The lowest BCUT2D eigenvalue weighted by Crippen LogP contribution is -2.15. The number of anilines is 1. The Morgan fingerprint density at radius 3 is 2.52 bits per heavy atom. The molecule has 108 valence electrons. The normalized spacial score (nSPS) is 16.4. The van der Waals surface area contributed by atoms with Gasteiger partial charge < -0.3 is 10.1 Å². The van der Waals surface area contributed by atoms with Crippen molar-refractivity contribution in [3.63, 3.8) is 0 Å². The van der Waals surface area contributed by atoms with E-state index < -0.39 is 0 Å². The molecule has 0 spiro atoms. The Morgan fingerprint density at radius 1 is 1.05 bits per heavy atom. The van der Waals surface area contributed by atoms with Crippen LogP contribution in [-0.4, -0.2) is 16.5 Å². The Kier molecular flexibility index (Phi) is 3.88. The van der Waals surface area contributed by atoms with Gasteiger partial charge in [0.05, 0.1) is 5.54 Å². The third kappa shape index (κ3) is 3.79. The highest BCUT2D eigenvalue weighted by atomic mass is 32.2. The van der Waals surface area contributed by atoms with E-state index in [0.29, 0.717) is 0 Å². The summed E-state index contributed by atoms with van der Waals surface area (Å²) < 4.78 is 5.84. The first-order valence-corrected chi connectivity index (χ1v) is 7.92. The van der Waals surface area contributed by atoms with Gasteiger partial charge in [-0.05, 0) is 38.1 Å². The molecule has 1 heterocycles. The topological polar surface area (TPSA) is 33.6 Å². The fourth-order valence-electron chi connectivity index (χ4n) is 2.03. The van der Waals surface area contributed by atoms with Gasteiger partial charge in [-0.3, -0.25) is 4.99 Å². The molecule has 0 saturated carbocycles. The summed E-state index contributed by atoms with van der Waals surface area (Å²) in [6, 6.07) is 17.7. The van der Waals surface area contributed by atoms with Gasteiger partial charge in [-0.2, -0.15) is 0 Å². The van der Waals surface area contributed by atoms with E-state index in [0.717, 1.165) is 28.1 Å². The van der Waals surface area contributed by atoms with E-state index in [1.54, 1.807) is 11.8 Å². The average Bonchev–Trinajstić information content (AvgIpc) is 2.79. The van der Waals surface area contributed by atoms with Gasteiger partial charge >= 0.3 is 0 Å². The Morgan fingerprint density at radius 2 is 1.81 bits per heavy atom. The molecule has 3 rings (SSSR count). The number of benzene rings is 2. The molecule has 0 aromatic heterocycles. The van der Waals surface area contributed by atoms with Gasteiger partial charge in [0.15, 0.2) is 5.17 Å². The SMILES string of the molecule is CC1(C)CSC(Nc2cccc(Oc3ccccc3)c2)=N1. The molecule has 1 N–H and O–H groups in total. The van der Waals surface area contributed by atoms with Crippen LogP contribution < -0.4 is 10.1 Å². The monoisotopic (exact) mass is 298 g/mol. The Labute approximate surface area is 129 Å². The van der Waals surface area contributed by atoms with Crippen molar-refractivity contribution in [1.29, 1.82) is 0 Å². The summed E-state index contributed by atoms with van der Waals surface area (Å²) in [4.78, 5) is 4.66. The van der Waals surface area contributed by atoms with Gasteiger partial charge in [-0.15, -0.1) is 0 Å². The second kappa shape index (κ2) is 5.82. The molecule has 0 aliphatic carbocycles. The van der Waals surface area contributed by atoms with E-state index in [1.165, 1.54) is 0 Å². The molecule has 0 atom stereocenters. The molecule has 0 bridgehead atoms. The van der Waals surface area contributed by atoms with Gasteiger partial charge in [0.1, 0.15) is 11.5 Å². The molecule has 0 unspecified atom stereocenters. The molecule has 1 aliphatic heterocycles. The van der Waals surface area contributed by atoms with Crippen molar-refractivity contribution >= 4 is 22.6 Å². The quantitative estimate of drug-likeness (QED) is 0.886. The maximum Gasteiger partial charge on any atom is 0.161 e. The third-order valence-corrected chi connectivity index (χ3v) is 4.35. The zero-order valence-electron chi connectivity index (χ0n) is 12.2. The van der Waals surface area contributed by atoms with E-state index in [-0.39, 0.29) is 5.54 Å². The zero-order chi connectivity index (χ0) is 14.7. The summed E-state index contributed by atoms with van der Waals surface area (Å²) in [6.45, 7) is 4.28. The first-order chi connectivity index (χ1) is 10.1. The van der Waals surface area contributed by atoms with Crippen LogP contribution in [0.4, 0.5) is 5.69 Å². The largest absolute Gasteiger partial charge is 0.457 e. The summed E-state index contributed by atoms with van der Waals surface area (Å²) in [5.41, 5.74) is 1.01.